The molecule has 0 saturated heterocycles. The van der Waals surface area contributed by atoms with Gasteiger partial charge in [-0.05, 0) is 78.4 Å². The Morgan fingerprint density at radius 1 is 1.03 bits per heavy atom. The molecule has 2 aliphatic heterocycles. The summed E-state index contributed by atoms with van der Waals surface area (Å²) in [5.74, 6) is 1.97. The van der Waals surface area contributed by atoms with E-state index in [0.717, 1.165) is 42.8 Å². The van der Waals surface area contributed by atoms with Gasteiger partial charge in [0.1, 0.15) is 18.2 Å². The first kappa shape index (κ1) is 22.0. The molecule has 35 heavy (non-hydrogen) atoms. The van der Waals surface area contributed by atoms with Crippen molar-refractivity contribution in [1.82, 2.24) is 9.88 Å². The summed E-state index contributed by atoms with van der Waals surface area (Å²) < 4.78 is 31.7. The minimum Gasteiger partial charge on any atom is -0.497 e. The van der Waals surface area contributed by atoms with Crippen LogP contribution in [0.15, 0.2) is 48.5 Å². The Morgan fingerprint density at radius 2 is 1.91 bits per heavy atom. The highest BCUT2D eigenvalue weighted by molar-refractivity contribution is 5.86. The average Bonchev–Trinajstić information content (AvgIpc) is 3.23. The highest BCUT2D eigenvalue weighted by Gasteiger charge is 2.34. The number of aromatic nitrogens is 1. The summed E-state index contributed by atoms with van der Waals surface area (Å²) in [6.07, 6.45) is 1.87. The van der Waals surface area contributed by atoms with Crippen molar-refractivity contribution >= 4 is 10.9 Å². The lowest BCUT2D eigenvalue weighted by Gasteiger charge is -2.40. The zero-order chi connectivity index (χ0) is 24.1. The SMILES string of the molecule is COc1ccc2[nH]c3c(c2c1)CC1c2cc(OCc4ccc(C)cc4F)c(OC)cc2CCN1C3. The lowest BCUT2D eigenvalue weighted by atomic mass is 9.85. The van der Waals surface area contributed by atoms with Gasteiger partial charge in [0.2, 0.25) is 0 Å². The first-order chi connectivity index (χ1) is 17.0. The zero-order valence-electron chi connectivity index (χ0n) is 20.3. The number of ether oxygens (including phenoxy) is 3. The molecule has 180 valence electrons. The first-order valence-corrected chi connectivity index (χ1v) is 12.0. The number of nitrogens with one attached hydrogen (secondary N) is 1. The Balaban J connectivity index is 1.35. The predicted molar refractivity (Wildman–Crippen MR) is 134 cm³/mol. The maximum Gasteiger partial charge on any atom is 0.162 e. The molecule has 0 saturated carbocycles. The van der Waals surface area contributed by atoms with Crippen LogP contribution in [0.2, 0.25) is 0 Å². The average molecular weight is 473 g/mol. The van der Waals surface area contributed by atoms with Gasteiger partial charge in [-0.15, -0.1) is 0 Å². The van der Waals surface area contributed by atoms with Crippen molar-refractivity contribution in [2.45, 2.75) is 39.0 Å². The summed E-state index contributed by atoms with van der Waals surface area (Å²) in [6.45, 7) is 3.91. The maximum absolute atomic E-state index is 14.4. The van der Waals surface area contributed by atoms with Crippen LogP contribution in [0, 0.1) is 12.7 Å². The van der Waals surface area contributed by atoms with Crippen molar-refractivity contribution in [2.24, 2.45) is 0 Å². The molecule has 1 atom stereocenters. The van der Waals surface area contributed by atoms with Crippen molar-refractivity contribution in [3.8, 4) is 17.2 Å². The molecular formula is C29H29FN2O3. The predicted octanol–water partition coefficient (Wildman–Crippen LogP) is 5.87. The second kappa shape index (κ2) is 8.61. The van der Waals surface area contributed by atoms with Crippen LogP contribution in [0.5, 0.6) is 17.2 Å². The van der Waals surface area contributed by atoms with Crippen LogP contribution in [0.25, 0.3) is 10.9 Å². The van der Waals surface area contributed by atoms with Crippen molar-refractivity contribution in [1.29, 1.82) is 0 Å². The molecule has 6 rings (SSSR count). The van der Waals surface area contributed by atoms with Crippen LogP contribution in [-0.4, -0.2) is 30.6 Å². The second-order valence-corrected chi connectivity index (χ2v) is 9.52. The Morgan fingerprint density at radius 3 is 2.71 bits per heavy atom. The van der Waals surface area contributed by atoms with Gasteiger partial charge < -0.3 is 19.2 Å². The molecule has 0 fully saturated rings. The lowest BCUT2D eigenvalue weighted by molar-refractivity contribution is 0.158. The summed E-state index contributed by atoms with van der Waals surface area (Å²) in [4.78, 5) is 6.16. The van der Waals surface area contributed by atoms with Crippen LogP contribution < -0.4 is 14.2 Å². The fourth-order valence-corrected chi connectivity index (χ4v) is 5.56. The Hall–Kier alpha value is -3.51. The van der Waals surface area contributed by atoms with E-state index in [4.69, 9.17) is 14.2 Å². The largest absolute Gasteiger partial charge is 0.497 e. The van der Waals surface area contributed by atoms with Gasteiger partial charge in [-0.3, -0.25) is 4.90 Å². The van der Waals surface area contributed by atoms with Crippen LogP contribution >= 0.6 is 0 Å². The molecule has 0 radical (unpaired) electrons. The minimum absolute atomic E-state index is 0.155. The number of H-pyrrole nitrogens is 1. The van der Waals surface area contributed by atoms with Crippen molar-refractivity contribution in [3.63, 3.8) is 0 Å². The Labute approximate surface area is 204 Å². The molecule has 5 nitrogen and oxygen atoms in total. The van der Waals surface area contributed by atoms with Gasteiger partial charge in [0.05, 0.1) is 14.2 Å². The van der Waals surface area contributed by atoms with E-state index >= 15 is 0 Å². The molecule has 1 N–H and O–H groups in total. The standard InChI is InChI=1S/C29H29FN2O3/c1-17-4-5-19(24(30)10-17)16-35-29-14-21-18(11-28(29)34-3)8-9-32-15-26-23(13-27(21)32)22-12-20(33-2)6-7-25(22)31-26/h4-7,10-12,14,27,31H,8-9,13,15-16H2,1-3H3. The van der Waals surface area contributed by atoms with Crippen molar-refractivity contribution < 1.29 is 18.6 Å². The van der Waals surface area contributed by atoms with Gasteiger partial charge in [0.25, 0.3) is 0 Å². The Bertz CT molecular complexity index is 1430. The van der Waals surface area contributed by atoms with Gasteiger partial charge in [0, 0.05) is 41.3 Å². The van der Waals surface area contributed by atoms with E-state index in [0.29, 0.717) is 17.1 Å². The fraction of sp³-hybridized carbons (Fsp3) is 0.310. The number of fused-ring (bicyclic) bond motifs is 6. The third kappa shape index (κ3) is 3.82. The highest BCUT2D eigenvalue weighted by Crippen LogP contribution is 2.44. The Kier molecular flexibility index (Phi) is 5.41. The van der Waals surface area contributed by atoms with E-state index in [1.54, 1.807) is 20.3 Å². The quantitative estimate of drug-likeness (QED) is 0.395. The van der Waals surface area contributed by atoms with Gasteiger partial charge in [-0.2, -0.15) is 0 Å². The summed E-state index contributed by atoms with van der Waals surface area (Å²) in [5, 5.41) is 1.23. The first-order valence-electron chi connectivity index (χ1n) is 12.0. The zero-order valence-corrected chi connectivity index (χ0v) is 20.3. The molecule has 0 aliphatic carbocycles. The molecule has 3 aromatic carbocycles. The number of aryl methyl sites for hydroxylation is 1. The number of methoxy groups -OCH3 is 2. The molecule has 6 heteroatoms. The van der Waals surface area contributed by atoms with Crippen molar-refractivity contribution in [3.05, 3.63) is 87.9 Å². The molecule has 1 aromatic heterocycles. The third-order valence-electron chi connectivity index (χ3n) is 7.45. The maximum atomic E-state index is 14.4. The summed E-state index contributed by atoms with van der Waals surface area (Å²) in [5.41, 5.74) is 7.77. The third-order valence-corrected chi connectivity index (χ3v) is 7.45. The van der Waals surface area contributed by atoms with E-state index in [-0.39, 0.29) is 18.5 Å². The molecule has 1 unspecified atom stereocenters. The number of hydrogen-bond donors (Lipinski definition) is 1. The number of aromatic amines is 1. The molecule has 2 aliphatic rings. The molecule has 4 aromatic rings. The second-order valence-electron chi connectivity index (χ2n) is 9.52. The highest BCUT2D eigenvalue weighted by atomic mass is 19.1. The number of benzene rings is 3. The number of nitrogens with zero attached hydrogens (tertiary/aromatic N) is 1. The van der Waals surface area contributed by atoms with Crippen molar-refractivity contribution in [2.75, 3.05) is 20.8 Å². The fourth-order valence-electron chi connectivity index (χ4n) is 5.56. The summed E-state index contributed by atoms with van der Waals surface area (Å²) in [6, 6.07) is 15.9. The van der Waals surface area contributed by atoms with E-state index in [9.17, 15) is 4.39 Å². The van der Waals surface area contributed by atoms with E-state index in [2.05, 4.69) is 34.1 Å². The van der Waals surface area contributed by atoms with Crippen LogP contribution in [0.4, 0.5) is 4.39 Å². The van der Waals surface area contributed by atoms with Gasteiger partial charge >= 0.3 is 0 Å². The number of rotatable bonds is 5. The van der Waals surface area contributed by atoms with Crippen LogP contribution in [-0.2, 0) is 26.0 Å². The molecular weight excluding hydrogens is 443 g/mol. The van der Waals surface area contributed by atoms with Crippen LogP contribution in [0.1, 0.15) is 39.6 Å². The molecule has 0 amide bonds. The van der Waals surface area contributed by atoms with Gasteiger partial charge in [0.15, 0.2) is 11.5 Å². The minimum atomic E-state index is -0.248. The summed E-state index contributed by atoms with van der Waals surface area (Å²) >= 11 is 0. The number of hydrogen-bond acceptors (Lipinski definition) is 4. The van der Waals surface area contributed by atoms with Gasteiger partial charge in [-0.1, -0.05) is 12.1 Å². The topological polar surface area (TPSA) is 46.7 Å². The monoisotopic (exact) mass is 472 g/mol. The molecule has 3 heterocycles. The van der Waals surface area contributed by atoms with Crippen LogP contribution in [0.3, 0.4) is 0 Å². The molecule has 0 spiro atoms. The summed E-state index contributed by atoms with van der Waals surface area (Å²) in [7, 11) is 3.36. The number of halogens is 1. The van der Waals surface area contributed by atoms with E-state index < -0.39 is 0 Å². The lowest BCUT2D eigenvalue weighted by Crippen LogP contribution is -2.39. The van der Waals surface area contributed by atoms with E-state index in [1.165, 1.54) is 33.8 Å². The van der Waals surface area contributed by atoms with Gasteiger partial charge in [-0.25, -0.2) is 4.39 Å². The van der Waals surface area contributed by atoms with E-state index in [1.807, 2.05) is 19.1 Å². The molecule has 0 bridgehead atoms. The normalized spacial score (nSPS) is 17.0. The smallest absolute Gasteiger partial charge is 0.162 e.